The zero-order valence-corrected chi connectivity index (χ0v) is 10.2. The van der Waals surface area contributed by atoms with Crippen LogP contribution in [-0.4, -0.2) is 19.8 Å². The fourth-order valence-corrected chi connectivity index (χ4v) is 1.98. The van der Waals surface area contributed by atoms with Crippen molar-refractivity contribution in [3.8, 4) is 0 Å². The van der Waals surface area contributed by atoms with Crippen molar-refractivity contribution in [1.29, 1.82) is 0 Å². The van der Waals surface area contributed by atoms with E-state index in [1.54, 1.807) is 10.8 Å². The summed E-state index contributed by atoms with van der Waals surface area (Å²) >= 11 is 5.66. The van der Waals surface area contributed by atoms with E-state index in [9.17, 15) is 4.79 Å². The minimum absolute atomic E-state index is 0.0433. The van der Waals surface area contributed by atoms with Crippen molar-refractivity contribution in [3.63, 3.8) is 0 Å². The minimum Gasteiger partial charge on any atom is -0.308 e. The van der Waals surface area contributed by atoms with Crippen molar-refractivity contribution in [3.05, 3.63) is 34.1 Å². The molecular formula is C11H14ClN3O. The van der Waals surface area contributed by atoms with E-state index in [1.165, 1.54) is 0 Å². The molecule has 5 heteroatoms. The predicted molar refractivity (Wildman–Crippen MR) is 64.3 cm³/mol. The van der Waals surface area contributed by atoms with Gasteiger partial charge in [0.15, 0.2) is 0 Å². The van der Waals surface area contributed by atoms with Gasteiger partial charge >= 0.3 is 0 Å². The van der Waals surface area contributed by atoms with E-state index in [0.29, 0.717) is 18.1 Å². The van der Waals surface area contributed by atoms with Crippen molar-refractivity contribution in [1.82, 2.24) is 14.0 Å². The van der Waals surface area contributed by atoms with E-state index in [0.717, 1.165) is 17.8 Å². The lowest BCUT2D eigenvalue weighted by atomic mass is 10.3. The fourth-order valence-electron chi connectivity index (χ4n) is 1.86. The monoisotopic (exact) mass is 239 g/mol. The molecule has 0 radical (unpaired) electrons. The number of hydrogen-bond acceptors (Lipinski definition) is 2. The maximum atomic E-state index is 12.1. The number of aromatic nitrogens is 3. The van der Waals surface area contributed by atoms with Crippen LogP contribution < -0.4 is 5.56 Å². The number of imidazole rings is 1. The Balaban J connectivity index is 2.68. The lowest BCUT2D eigenvalue weighted by Crippen LogP contribution is -2.26. The molecule has 0 atom stereocenters. The second-order valence-corrected chi connectivity index (χ2v) is 4.17. The Morgan fingerprint density at radius 3 is 2.81 bits per heavy atom. The first-order chi connectivity index (χ1) is 7.66. The fraction of sp³-hybridized carbons (Fsp3) is 0.455. The van der Waals surface area contributed by atoms with Crippen LogP contribution in [0, 0.1) is 13.8 Å². The molecule has 0 aliphatic carbocycles. The second kappa shape index (κ2) is 4.29. The number of fused-ring (bicyclic) bond motifs is 1. The van der Waals surface area contributed by atoms with Gasteiger partial charge in [0.05, 0.1) is 0 Å². The van der Waals surface area contributed by atoms with Gasteiger partial charge in [0.2, 0.25) is 5.65 Å². The minimum atomic E-state index is -0.0433. The molecule has 16 heavy (non-hydrogen) atoms. The number of rotatable bonds is 3. The third-order valence-corrected chi connectivity index (χ3v) is 3.15. The maximum absolute atomic E-state index is 12.1. The Labute approximate surface area is 98.5 Å². The van der Waals surface area contributed by atoms with Gasteiger partial charge in [-0.1, -0.05) is 0 Å². The number of aryl methyl sites for hydroxylation is 1. The first-order valence-corrected chi connectivity index (χ1v) is 5.79. The molecule has 0 amide bonds. The van der Waals surface area contributed by atoms with Gasteiger partial charge in [-0.25, -0.2) is 4.98 Å². The average molecular weight is 240 g/mol. The Morgan fingerprint density at radius 1 is 1.38 bits per heavy atom. The summed E-state index contributed by atoms with van der Waals surface area (Å²) in [4.78, 5) is 16.2. The van der Waals surface area contributed by atoms with Gasteiger partial charge in [0.25, 0.3) is 5.56 Å². The highest BCUT2D eigenvalue weighted by atomic mass is 35.5. The van der Waals surface area contributed by atoms with E-state index < -0.39 is 0 Å². The number of nitrogens with zero attached hydrogens (tertiary/aromatic N) is 3. The van der Waals surface area contributed by atoms with E-state index in [-0.39, 0.29) is 5.56 Å². The zero-order chi connectivity index (χ0) is 11.7. The van der Waals surface area contributed by atoms with Crippen LogP contribution in [0.5, 0.6) is 0 Å². The van der Waals surface area contributed by atoms with Crippen LogP contribution in [0.15, 0.2) is 17.2 Å². The van der Waals surface area contributed by atoms with E-state index in [1.807, 2.05) is 24.4 Å². The summed E-state index contributed by atoms with van der Waals surface area (Å²) in [5.74, 6) is 0.560. The normalized spacial score (nSPS) is 11.2. The third kappa shape index (κ3) is 1.63. The predicted octanol–water partition coefficient (Wildman–Crippen LogP) is 1.74. The molecule has 0 fully saturated rings. The standard InChI is InChI=1S/C11H14ClN3O/c1-8-9(2)15(6-3-4-12)11(16)10-13-5-7-14(8)10/h5,7H,3-4,6H2,1-2H3. The Kier molecular flexibility index (Phi) is 3.01. The Hall–Kier alpha value is -1.29. The van der Waals surface area contributed by atoms with Crippen molar-refractivity contribution >= 4 is 17.2 Å². The highest BCUT2D eigenvalue weighted by Gasteiger charge is 2.10. The molecular weight excluding hydrogens is 226 g/mol. The van der Waals surface area contributed by atoms with E-state index in [4.69, 9.17) is 11.6 Å². The number of alkyl halides is 1. The molecule has 0 unspecified atom stereocenters. The molecule has 2 rings (SSSR count). The average Bonchev–Trinajstić information content (AvgIpc) is 2.75. The van der Waals surface area contributed by atoms with Crippen LogP contribution in [0.25, 0.3) is 5.65 Å². The van der Waals surface area contributed by atoms with Crippen LogP contribution in [0.4, 0.5) is 0 Å². The second-order valence-electron chi connectivity index (χ2n) is 3.79. The maximum Gasteiger partial charge on any atom is 0.294 e. The van der Waals surface area contributed by atoms with Gasteiger partial charge in [0.1, 0.15) is 0 Å². The molecule has 0 N–H and O–H groups in total. The van der Waals surface area contributed by atoms with Crippen molar-refractivity contribution in [2.75, 3.05) is 5.88 Å². The largest absolute Gasteiger partial charge is 0.308 e. The molecule has 86 valence electrons. The van der Waals surface area contributed by atoms with Gasteiger partial charge < -0.3 is 4.57 Å². The highest BCUT2D eigenvalue weighted by Crippen LogP contribution is 2.07. The van der Waals surface area contributed by atoms with Gasteiger partial charge in [-0.15, -0.1) is 11.6 Å². The number of halogens is 1. The molecule has 0 aromatic carbocycles. The summed E-state index contributed by atoms with van der Waals surface area (Å²) in [5, 5.41) is 0. The van der Waals surface area contributed by atoms with Gasteiger partial charge in [-0.3, -0.25) is 9.20 Å². The molecule has 2 aromatic heterocycles. The highest BCUT2D eigenvalue weighted by molar-refractivity contribution is 6.17. The van der Waals surface area contributed by atoms with Crippen LogP contribution in [-0.2, 0) is 6.54 Å². The van der Waals surface area contributed by atoms with Crippen molar-refractivity contribution in [2.24, 2.45) is 0 Å². The molecule has 0 bridgehead atoms. The van der Waals surface area contributed by atoms with Crippen LogP contribution in [0.2, 0.25) is 0 Å². The smallest absolute Gasteiger partial charge is 0.294 e. The topological polar surface area (TPSA) is 39.3 Å². The summed E-state index contributed by atoms with van der Waals surface area (Å²) in [5.41, 5.74) is 2.46. The van der Waals surface area contributed by atoms with Crippen LogP contribution >= 0.6 is 11.6 Å². The molecule has 0 aliphatic rings. The van der Waals surface area contributed by atoms with E-state index >= 15 is 0 Å². The van der Waals surface area contributed by atoms with Crippen LogP contribution in [0.3, 0.4) is 0 Å². The first-order valence-electron chi connectivity index (χ1n) is 5.26. The number of hydrogen-bond donors (Lipinski definition) is 0. The SMILES string of the molecule is Cc1c(C)n2ccnc2c(=O)n1CCCCl. The summed E-state index contributed by atoms with van der Waals surface area (Å²) in [6, 6.07) is 0. The van der Waals surface area contributed by atoms with Crippen molar-refractivity contribution in [2.45, 2.75) is 26.8 Å². The molecule has 2 heterocycles. The molecule has 4 nitrogen and oxygen atoms in total. The summed E-state index contributed by atoms with van der Waals surface area (Å²) in [7, 11) is 0. The summed E-state index contributed by atoms with van der Waals surface area (Å²) in [6.07, 6.45) is 4.25. The molecule has 0 aliphatic heterocycles. The third-order valence-electron chi connectivity index (χ3n) is 2.88. The van der Waals surface area contributed by atoms with Gasteiger partial charge in [0, 0.05) is 36.2 Å². The zero-order valence-electron chi connectivity index (χ0n) is 9.40. The van der Waals surface area contributed by atoms with Crippen LogP contribution in [0.1, 0.15) is 17.8 Å². The quantitative estimate of drug-likeness (QED) is 0.766. The lowest BCUT2D eigenvalue weighted by molar-refractivity contribution is 0.627. The molecule has 2 aromatic rings. The summed E-state index contributed by atoms with van der Waals surface area (Å²) in [6.45, 7) is 4.59. The first kappa shape index (κ1) is 11.2. The summed E-state index contributed by atoms with van der Waals surface area (Å²) < 4.78 is 3.58. The lowest BCUT2D eigenvalue weighted by Gasteiger charge is -2.13. The van der Waals surface area contributed by atoms with Gasteiger partial charge in [-0.2, -0.15) is 0 Å². The van der Waals surface area contributed by atoms with E-state index in [2.05, 4.69) is 4.98 Å². The molecule has 0 saturated heterocycles. The Morgan fingerprint density at radius 2 is 2.12 bits per heavy atom. The van der Waals surface area contributed by atoms with Crippen molar-refractivity contribution < 1.29 is 0 Å². The molecule has 0 spiro atoms. The molecule has 0 saturated carbocycles. The Bertz CT molecular complexity index is 570. The van der Waals surface area contributed by atoms with Gasteiger partial charge in [-0.05, 0) is 20.3 Å².